The Labute approximate surface area is 162 Å². The van der Waals surface area contributed by atoms with E-state index < -0.39 is 6.10 Å². The number of methoxy groups -OCH3 is 1. The quantitative estimate of drug-likeness (QED) is 0.439. The van der Waals surface area contributed by atoms with Crippen molar-refractivity contribution < 1.29 is 14.4 Å². The molecule has 0 aliphatic heterocycles. The Hall–Kier alpha value is -2.02. The Morgan fingerprint density at radius 2 is 1.92 bits per heavy atom. The molecule has 0 saturated carbocycles. The molecule has 7 heteroatoms. The molecule has 0 aromatic heterocycles. The van der Waals surface area contributed by atoms with Gasteiger partial charge in [-0.3, -0.25) is 4.79 Å². The van der Waals surface area contributed by atoms with Crippen molar-refractivity contribution in [3.63, 3.8) is 0 Å². The minimum atomic E-state index is -0.694. The van der Waals surface area contributed by atoms with Crippen LogP contribution in [0.4, 0.5) is 0 Å². The van der Waals surface area contributed by atoms with Gasteiger partial charge in [-0.25, -0.2) is 0 Å². The first-order valence-electron chi connectivity index (χ1n) is 7.92. The topological polar surface area (TPSA) is 59.9 Å². The number of oxime groups is 1. The van der Waals surface area contributed by atoms with Crippen LogP contribution < -0.4 is 5.32 Å². The van der Waals surface area contributed by atoms with Crippen LogP contribution in [-0.2, 0) is 21.0 Å². The highest BCUT2D eigenvalue weighted by atomic mass is 35.5. The summed E-state index contributed by atoms with van der Waals surface area (Å²) >= 11 is 7.40. The van der Waals surface area contributed by atoms with Gasteiger partial charge in [-0.1, -0.05) is 53.2 Å². The van der Waals surface area contributed by atoms with Gasteiger partial charge in [-0.15, -0.1) is 11.8 Å². The van der Waals surface area contributed by atoms with Crippen molar-refractivity contribution in [3.05, 3.63) is 70.2 Å². The molecule has 1 atom stereocenters. The second-order valence-corrected chi connectivity index (χ2v) is 6.54. The van der Waals surface area contributed by atoms with Crippen molar-refractivity contribution in [1.29, 1.82) is 0 Å². The van der Waals surface area contributed by atoms with Crippen LogP contribution in [0.1, 0.15) is 22.8 Å². The molecule has 138 valence electrons. The van der Waals surface area contributed by atoms with Crippen LogP contribution in [0.3, 0.4) is 0 Å². The summed E-state index contributed by atoms with van der Waals surface area (Å²) in [6, 6.07) is 14.9. The lowest BCUT2D eigenvalue weighted by molar-refractivity contribution is -0.130. The number of hydrogen-bond donors (Lipinski definition) is 1. The van der Waals surface area contributed by atoms with Crippen molar-refractivity contribution in [2.24, 2.45) is 5.16 Å². The molecule has 26 heavy (non-hydrogen) atoms. The summed E-state index contributed by atoms with van der Waals surface area (Å²) in [5.41, 5.74) is 2.51. The number of rotatable bonds is 7. The summed E-state index contributed by atoms with van der Waals surface area (Å²) in [7, 11) is 3.08. The molecule has 0 bridgehead atoms. The number of nitrogens with one attached hydrogen (secondary N) is 1. The molecule has 0 spiro atoms. The maximum atomic E-state index is 12.0. The van der Waals surface area contributed by atoms with Crippen LogP contribution in [0, 0.1) is 0 Å². The van der Waals surface area contributed by atoms with E-state index in [0.29, 0.717) is 5.02 Å². The average Bonchev–Trinajstić information content (AvgIpc) is 2.67. The first kappa shape index (κ1) is 20.3. The van der Waals surface area contributed by atoms with Gasteiger partial charge < -0.3 is 14.9 Å². The Morgan fingerprint density at radius 3 is 2.54 bits per heavy atom. The lowest BCUT2D eigenvalue weighted by Crippen LogP contribution is -2.27. The fourth-order valence-corrected chi connectivity index (χ4v) is 3.01. The fourth-order valence-electron chi connectivity index (χ4n) is 2.39. The molecule has 0 aliphatic carbocycles. The zero-order valence-electron chi connectivity index (χ0n) is 14.9. The third-order valence-electron chi connectivity index (χ3n) is 3.71. The number of nitrogens with zero attached hydrogens (tertiary/aromatic N) is 1. The molecule has 2 rings (SSSR count). The maximum absolute atomic E-state index is 12.0. The Kier molecular flexibility index (Phi) is 7.97. The van der Waals surface area contributed by atoms with Crippen LogP contribution >= 0.6 is 23.4 Å². The van der Waals surface area contributed by atoms with E-state index in [-0.39, 0.29) is 12.5 Å². The van der Waals surface area contributed by atoms with Crippen LogP contribution in [0.5, 0.6) is 0 Å². The number of carbonyl (C=O) groups is 1. The number of thioether (sulfide) groups is 1. The van der Waals surface area contributed by atoms with Gasteiger partial charge in [0.05, 0.1) is 0 Å². The van der Waals surface area contributed by atoms with Crippen LogP contribution in [0.15, 0.2) is 53.7 Å². The van der Waals surface area contributed by atoms with Gasteiger partial charge in [-0.05, 0) is 29.5 Å². The first-order chi connectivity index (χ1) is 12.6. The minimum Gasteiger partial charge on any atom is -0.390 e. The highest BCUT2D eigenvalue weighted by molar-refractivity contribution is 8.13. The van der Waals surface area contributed by atoms with E-state index >= 15 is 0 Å². The number of hydrogen-bond acceptors (Lipinski definition) is 5. The molecule has 0 radical (unpaired) electrons. The van der Waals surface area contributed by atoms with E-state index in [4.69, 9.17) is 21.2 Å². The fraction of sp³-hybridized carbons (Fsp3) is 0.263. The molecule has 5 nitrogen and oxygen atoms in total. The number of amides is 1. The Bertz CT molecular complexity index is 766. The first-order valence-corrected chi connectivity index (χ1v) is 9.53. The smallest absolute Gasteiger partial charge is 0.253 e. The van der Waals surface area contributed by atoms with E-state index in [0.717, 1.165) is 21.7 Å². The third kappa shape index (κ3) is 5.24. The average molecular weight is 393 g/mol. The number of benzene rings is 2. The van der Waals surface area contributed by atoms with Gasteiger partial charge >= 0.3 is 0 Å². The lowest BCUT2D eigenvalue weighted by atomic mass is 10.0. The van der Waals surface area contributed by atoms with Gasteiger partial charge in [-0.2, -0.15) is 0 Å². The van der Waals surface area contributed by atoms with E-state index in [1.807, 2.05) is 54.8 Å². The third-order valence-corrected chi connectivity index (χ3v) is 4.66. The van der Waals surface area contributed by atoms with Crippen molar-refractivity contribution in [1.82, 2.24) is 5.32 Å². The summed E-state index contributed by atoms with van der Waals surface area (Å²) in [4.78, 5) is 17.6. The Balaban J connectivity index is 2.16. The van der Waals surface area contributed by atoms with Crippen molar-refractivity contribution in [3.8, 4) is 0 Å². The lowest BCUT2D eigenvalue weighted by Gasteiger charge is -2.17. The molecule has 1 N–H and O–H groups in total. The van der Waals surface area contributed by atoms with E-state index in [9.17, 15) is 4.79 Å². The summed E-state index contributed by atoms with van der Waals surface area (Å²) in [5.74, 6) is -0.214. The van der Waals surface area contributed by atoms with Gasteiger partial charge in [0.15, 0.2) is 6.10 Å². The molecule has 2 aromatic rings. The van der Waals surface area contributed by atoms with Crippen molar-refractivity contribution >= 4 is 34.3 Å². The monoisotopic (exact) mass is 392 g/mol. The highest BCUT2D eigenvalue weighted by Gasteiger charge is 2.21. The molecular formula is C19H21ClN2O3S. The molecule has 0 fully saturated rings. The predicted molar refractivity (Wildman–Crippen MR) is 107 cm³/mol. The van der Waals surface area contributed by atoms with Crippen LogP contribution in [0.2, 0.25) is 5.02 Å². The van der Waals surface area contributed by atoms with Crippen LogP contribution in [0.25, 0.3) is 0 Å². The van der Waals surface area contributed by atoms with E-state index in [1.54, 1.807) is 7.05 Å². The van der Waals surface area contributed by atoms with Crippen molar-refractivity contribution in [2.45, 2.75) is 12.7 Å². The molecule has 2 aromatic carbocycles. The summed E-state index contributed by atoms with van der Waals surface area (Å²) in [6.07, 6.45) is 1.23. The maximum Gasteiger partial charge on any atom is 0.253 e. The van der Waals surface area contributed by atoms with Crippen molar-refractivity contribution in [2.75, 3.05) is 20.4 Å². The number of carbonyl (C=O) groups excluding carboxylic acids is 1. The van der Waals surface area contributed by atoms with Gasteiger partial charge in [0.25, 0.3) is 5.91 Å². The SMILES string of the molecule is CNC(=O)C(OC)c1ccccc1CO/N=C(/SC)c1ccc(Cl)cc1. The minimum absolute atomic E-state index is 0.214. The number of likely N-dealkylation sites (N-methyl/N-ethyl adjacent to an activating group) is 1. The molecule has 0 saturated heterocycles. The summed E-state index contributed by atoms with van der Waals surface area (Å²) in [6.45, 7) is 0.227. The summed E-state index contributed by atoms with van der Waals surface area (Å²) < 4.78 is 5.34. The molecule has 0 heterocycles. The largest absolute Gasteiger partial charge is 0.390 e. The Morgan fingerprint density at radius 1 is 1.23 bits per heavy atom. The number of halogens is 1. The zero-order chi connectivity index (χ0) is 18.9. The van der Waals surface area contributed by atoms with Gasteiger partial charge in [0.1, 0.15) is 11.7 Å². The zero-order valence-corrected chi connectivity index (χ0v) is 16.4. The molecular weight excluding hydrogens is 372 g/mol. The van der Waals surface area contributed by atoms with E-state index in [2.05, 4.69) is 10.5 Å². The van der Waals surface area contributed by atoms with Gasteiger partial charge in [0.2, 0.25) is 0 Å². The molecule has 1 amide bonds. The highest BCUT2D eigenvalue weighted by Crippen LogP contribution is 2.22. The summed E-state index contributed by atoms with van der Waals surface area (Å²) in [5, 5.41) is 8.24. The molecule has 1 unspecified atom stereocenters. The van der Waals surface area contributed by atoms with Crippen LogP contribution in [-0.4, -0.2) is 31.4 Å². The standard InChI is InChI=1S/C19H21ClN2O3S/c1-21-18(23)17(24-2)16-7-5-4-6-14(16)12-25-22-19(26-3)13-8-10-15(20)11-9-13/h4-11,17H,12H2,1-3H3,(H,21,23)/b22-19+. The van der Waals surface area contributed by atoms with E-state index in [1.165, 1.54) is 18.9 Å². The second-order valence-electron chi connectivity index (χ2n) is 5.31. The molecule has 0 aliphatic rings. The van der Waals surface area contributed by atoms with Gasteiger partial charge in [0, 0.05) is 24.7 Å². The number of ether oxygens (including phenoxy) is 1. The normalized spacial score (nSPS) is 12.5. The second kappa shape index (κ2) is 10.2. The predicted octanol–water partition coefficient (Wildman–Crippen LogP) is 4.01.